The third-order valence-corrected chi connectivity index (χ3v) is 3.79. The molecular weight excluding hydrogens is 244 g/mol. The molecule has 1 heterocycles. The fraction of sp³-hybridized carbons (Fsp3) is 0.167. The normalized spacial score (nSPS) is 12.5. The van der Waals surface area contributed by atoms with Gasteiger partial charge in [-0.2, -0.15) is 0 Å². The number of aryl methyl sites for hydroxylation is 1. The van der Waals surface area contributed by atoms with Crippen LogP contribution < -0.4 is 5.73 Å². The van der Waals surface area contributed by atoms with Crippen LogP contribution in [0.15, 0.2) is 60.8 Å². The Kier molecular flexibility index (Phi) is 3.48. The van der Waals surface area contributed by atoms with Crippen LogP contribution in [0.2, 0.25) is 0 Å². The van der Waals surface area contributed by atoms with Crippen LogP contribution in [0, 0.1) is 0 Å². The maximum atomic E-state index is 6.53. The summed E-state index contributed by atoms with van der Waals surface area (Å²) in [6, 6.07) is 18.5. The molecule has 0 spiro atoms. The molecule has 0 aliphatic heterocycles. The van der Waals surface area contributed by atoms with E-state index in [1.165, 1.54) is 11.1 Å². The number of fused-ring (bicyclic) bond motifs is 1. The number of aromatic nitrogens is 1. The van der Waals surface area contributed by atoms with Crippen LogP contribution in [0.25, 0.3) is 10.9 Å². The highest BCUT2D eigenvalue weighted by atomic mass is 14.7. The largest absolute Gasteiger partial charge is 0.320 e. The highest BCUT2D eigenvalue weighted by Gasteiger charge is 2.14. The number of nitrogens with two attached hydrogens (primary N) is 1. The monoisotopic (exact) mass is 262 g/mol. The molecule has 0 aliphatic carbocycles. The molecule has 100 valence electrons. The molecule has 1 aromatic heterocycles. The van der Waals surface area contributed by atoms with Crippen LogP contribution in [-0.4, -0.2) is 4.98 Å². The summed E-state index contributed by atoms with van der Waals surface area (Å²) in [6.45, 7) is 2.16. The van der Waals surface area contributed by atoms with E-state index in [-0.39, 0.29) is 6.04 Å². The van der Waals surface area contributed by atoms with E-state index in [0.29, 0.717) is 0 Å². The third kappa shape index (κ3) is 2.19. The van der Waals surface area contributed by atoms with Crippen LogP contribution >= 0.6 is 0 Å². The summed E-state index contributed by atoms with van der Waals surface area (Å²) >= 11 is 0. The Bertz CT molecular complexity index is 729. The second kappa shape index (κ2) is 5.43. The zero-order valence-corrected chi connectivity index (χ0v) is 11.6. The molecule has 2 aromatic carbocycles. The first-order valence-corrected chi connectivity index (χ1v) is 6.98. The van der Waals surface area contributed by atoms with Gasteiger partial charge in [0.15, 0.2) is 0 Å². The molecule has 2 N–H and O–H groups in total. The molecule has 0 saturated heterocycles. The third-order valence-electron chi connectivity index (χ3n) is 3.79. The van der Waals surface area contributed by atoms with E-state index in [9.17, 15) is 0 Å². The topological polar surface area (TPSA) is 38.9 Å². The van der Waals surface area contributed by atoms with Gasteiger partial charge < -0.3 is 5.73 Å². The molecule has 1 atom stereocenters. The lowest BCUT2D eigenvalue weighted by Crippen LogP contribution is -2.14. The van der Waals surface area contributed by atoms with Crippen molar-refractivity contribution in [3.63, 3.8) is 0 Å². The zero-order chi connectivity index (χ0) is 13.9. The number of nitrogens with zero attached hydrogens (tertiary/aromatic N) is 1. The van der Waals surface area contributed by atoms with Gasteiger partial charge >= 0.3 is 0 Å². The molecule has 0 aliphatic rings. The van der Waals surface area contributed by atoms with Crippen LogP contribution in [-0.2, 0) is 6.42 Å². The Morgan fingerprint density at radius 2 is 1.75 bits per heavy atom. The van der Waals surface area contributed by atoms with E-state index < -0.39 is 0 Å². The molecule has 0 radical (unpaired) electrons. The number of pyridine rings is 1. The lowest BCUT2D eigenvalue weighted by atomic mass is 9.92. The minimum absolute atomic E-state index is 0.112. The summed E-state index contributed by atoms with van der Waals surface area (Å²) in [5, 5.41) is 1.13. The van der Waals surface area contributed by atoms with E-state index in [1.807, 2.05) is 24.4 Å². The quantitative estimate of drug-likeness (QED) is 0.778. The van der Waals surface area contributed by atoms with Crippen molar-refractivity contribution in [1.29, 1.82) is 0 Å². The van der Waals surface area contributed by atoms with Crippen molar-refractivity contribution in [2.75, 3.05) is 0 Å². The van der Waals surface area contributed by atoms with Gasteiger partial charge in [0.05, 0.1) is 11.6 Å². The minimum atomic E-state index is -0.112. The van der Waals surface area contributed by atoms with Crippen LogP contribution in [0.3, 0.4) is 0 Å². The van der Waals surface area contributed by atoms with Gasteiger partial charge in [0.25, 0.3) is 0 Å². The molecule has 0 bridgehead atoms. The van der Waals surface area contributed by atoms with E-state index in [4.69, 9.17) is 5.73 Å². The van der Waals surface area contributed by atoms with Gasteiger partial charge in [-0.1, -0.05) is 49.4 Å². The first kappa shape index (κ1) is 12.8. The molecule has 0 saturated carbocycles. The van der Waals surface area contributed by atoms with Crippen molar-refractivity contribution in [2.45, 2.75) is 19.4 Å². The summed E-state index contributed by atoms with van der Waals surface area (Å²) in [5.41, 5.74) is 11.2. The van der Waals surface area contributed by atoms with E-state index in [2.05, 4.69) is 48.3 Å². The average Bonchev–Trinajstić information content (AvgIpc) is 2.53. The van der Waals surface area contributed by atoms with Gasteiger partial charge in [-0.3, -0.25) is 4.98 Å². The molecular formula is C18H18N2. The summed E-state index contributed by atoms with van der Waals surface area (Å²) in [4.78, 5) is 4.40. The summed E-state index contributed by atoms with van der Waals surface area (Å²) in [6.07, 6.45) is 2.81. The standard InChI is InChI=1S/C18H18N2/c1-2-13-7-3-4-8-14(13)18(19)16-9-5-11-17-15(16)10-6-12-20-17/h3-12,18H,2,19H2,1H3. The molecule has 2 nitrogen and oxygen atoms in total. The molecule has 3 aromatic rings. The van der Waals surface area contributed by atoms with Gasteiger partial charge in [-0.05, 0) is 35.2 Å². The van der Waals surface area contributed by atoms with Crippen LogP contribution in [0.4, 0.5) is 0 Å². The fourth-order valence-electron chi connectivity index (χ4n) is 2.73. The number of rotatable bonds is 3. The first-order valence-electron chi connectivity index (χ1n) is 6.98. The molecule has 20 heavy (non-hydrogen) atoms. The number of hydrogen-bond acceptors (Lipinski definition) is 2. The van der Waals surface area contributed by atoms with Gasteiger partial charge in [0, 0.05) is 11.6 Å². The Morgan fingerprint density at radius 1 is 0.950 bits per heavy atom. The van der Waals surface area contributed by atoms with Crippen molar-refractivity contribution >= 4 is 10.9 Å². The van der Waals surface area contributed by atoms with Gasteiger partial charge in [-0.15, -0.1) is 0 Å². The van der Waals surface area contributed by atoms with Crippen LogP contribution in [0.1, 0.15) is 29.7 Å². The van der Waals surface area contributed by atoms with Crippen molar-refractivity contribution in [2.24, 2.45) is 5.73 Å². The van der Waals surface area contributed by atoms with Crippen molar-refractivity contribution in [1.82, 2.24) is 4.98 Å². The molecule has 1 unspecified atom stereocenters. The van der Waals surface area contributed by atoms with Crippen molar-refractivity contribution in [3.8, 4) is 0 Å². The Labute approximate surface area is 119 Å². The average molecular weight is 262 g/mol. The Morgan fingerprint density at radius 3 is 2.60 bits per heavy atom. The van der Waals surface area contributed by atoms with Crippen LogP contribution in [0.5, 0.6) is 0 Å². The maximum Gasteiger partial charge on any atom is 0.0705 e. The van der Waals surface area contributed by atoms with Crippen molar-refractivity contribution < 1.29 is 0 Å². The molecule has 0 fully saturated rings. The Hall–Kier alpha value is -2.19. The predicted octanol–water partition coefficient (Wildman–Crippen LogP) is 3.85. The summed E-state index contributed by atoms with van der Waals surface area (Å²) < 4.78 is 0. The lowest BCUT2D eigenvalue weighted by Gasteiger charge is -2.18. The van der Waals surface area contributed by atoms with Gasteiger partial charge in [0.2, 0.25) is 0 Å². The number of hydrogen-bond donors (Lipinski definition) is 1. The first-order chi connectivity index (χ1) is 9.81. The highest BCUT2D eigenvalue weighted by molar-refractivity contribution is 5.83. The highest BCUT2D eigenvalue weighted by Crippen LogP contribution is 2.28. The molecule has 2 heteroatoms. The van der Waals surface area contributed by atoms with E-state index in [0.717, 1.165) is 22.9 Å². The fourth-order valence-corrected chi connectivity index (χ4v) is 2.73. The van der Waals surface area contributed by atoms with E-state index in [1.54, 1.807) is 0 Å². The minimum Gasteiger partial charge on any atom is -0.320 e. The second-order valence-corrected chi connectivity index (χ2v) is 4.95. The van der Waals surface area contributed by atoms with Gasteiger partial charge in [0.1, 0.15) is 0 Å². The smallest absolute Gasteiger partial charge is 0.0705 e. The van der Waals surface area contributed by atoms with E-state index >= 15 is 0 Å². The number of benzene rings is 2. The zero-order valence-electron chi connectivity index (χ0n) is 11.6. The lowest BCUT2D eigenvalue weighted by molar-refractivity contribution is 0.857. The second-order valence-electron chi connectivity index (χ2n) is 4.95. The maximum absolute atomic E-state index is 6.53. The summed E-state index contributed by atoms with van der Waals surface area (Å²) in [7, 11) is 0. The Balaban J connectivity index is 2.15. The van der Waals surface area contributed by atoms with Crippen molar-refractivity contribution in [3.05, 3.63) is 77.5 Å². The predicted molar refractivity (Wildman–Crippen MR) is 83.6 cm³/mol. The molecule has 3 rings (SSSR count). The molecule has 0 amide bonds. The SMILES string of the molecule is CCc1ccccc1C(N)c1cccc2ncccc12. The summed E-state index contributed by atoms with van der Waals surface area (Å²) in [5.74, 6) is 0. The van der Waals surface area contributed by atoms with Gasteiger partial charge in [-0.25, -0.2) is 0 Å².